The van der Waals surface area contributed by atoms with E-state index in [1.54, 1.807) is 0 Å². The maximum atomic E-state index is 10.6. The molecule has 0 aromatic carbocycles. The summed E-state index contributed by atoms with van der Waals surface area (Å²) in [5.41, 5.74) is 0. The molecule has 14 heavy (non-hydrogen) atoms. The minimum absolute atomic E-state index is 0.0273. The molecule has 0 aliphatic carbocycles. The third kappa shape index (κ3) is 2.96. The Morgan fingerprint density at radius 3 is 2.29 bits per heavy atom. The second kappa shape index (κ2) is 4.75. The molecule has 0 aromatic heterocycles. The number of ether oxygens (including phenoxy) is 3. The summed E-state index contributed by atoms with van der Waals surface area (Å²) < 4.78 is 16.2. The lowest BCUT2D eigenvalue weighted by molar-refractivity contribution is -0.216. The van der Waals surface area contributed by atoms with Crippen LogP contribution in [0, 0.1) is 0 Å². The van der Waals surface area contributed by atoms with Gasteiger partial charge in [0, 0.05) is 6.92 Å². The van der Waals surface area contributed by atoms with E-state index in [-0.39, 0.29) is 37.0 Å². The Kier molecular flexibility index (Phi) is 3.89. The maximum absolute atomic E-state index is 10.6. The first-order valence-corrected chi connectivity index (χ1v) is 4.95. The van der Waals surface area contributed by atoms with Crippen molar-refractivity contribution in [1.29, 1.82) is 0 Å². The summed E-state index contributed by atoms with van der Waals surface area (Å²) in [5.74, 6) is -0.285. The number of hydrogen-bond acceptors (Lipinski definition) is 4. The molecule has 0 aromatic rings. The zero-order chi connectivity index (χ0) is 10.7. The summed E-state index contributed by atoms with van der Waals surface area (Å²) >= 11 is 0. The van der Waals surface area contributed by atoms with Gasteiger partial charge in [-0.2, -0.15) is 0 Å². The number of esters is 1. The highest BCUT2D eigenvalue weighted by Gasteiger charge is 2.32. The van der Waals surface area contributed by atoms with Crippen molar-refractivity contribution in [2.24, 2.45) is 0 Å². The van der Waals surface area contributed by atoms with Gasteiger partial charge in [0.25, 0.3) is 0 Å². The van der Waals surface area contributed by atoms with Crippen LogP contribution in [0.5, 0.6) is 0 Å². The van der Waals surface area contributed by atoms with E-state index in [1.807, 2.05) is 20.8 Å². The molecule has 1 aliphatic heterocycles. The molecule has 1 heterocycles. The highest BCUT2D eigenvalue weighted by Crippen LogP contribution is 2.20. The first kappa shape index (κ1) is 11.5. The van der Waals surface area contributed by atoms with Gasteiger partial charge < -0.3 is 14.2 Å². The van der Waals surface area contributed by atoms with Crippen LogP contribution in [-0.2, 0) is 19.0 Å². The van der Waals surface area contributed by atoms with Crippen molar-refractivity contribution in [2.75, 3.05) is 6.61 Å². The van der Waals surface area contributed by atoms with E-state index in [4.69, 9.17) is 14.2 Å². The summed E-state index contributed by atoms with van der Waals surface area (Å²) in [4.78, 5) is 10.6. The number of hydrogen-bond donors (Lipinski definition) is 0. The Morgan fingerprint density at radius 2 is 1.71 bits per heavy atom. The van der Waals surface area contributed by atoms with E-state index in [1.165, 1.54) is 6.92 Å². The second-order valence-electron chi connectivity index (χ2n) is 3.73. The quantitative estimate of drug-likeness (QED) is 0.630. The van der Waals surface area contributed by atoms with Crippen molar-refractivity contribution in [3.63, 3.8) is 0 Å². The molecule has 1 rings (SSSR count). The van der Waals surface area contributed by atoms with Crippen LogP contribution < -0.4 is 0 Å². The van der Waals surface area contributed by atoms with Gasteiger partial charge in [0.05, 0.1) is 18.3 Å². The van der Waals surface area contributed by atoms with Gasteiger partial charge in [-0.25, -0.2) is 0 Å². The Labute approximate surface area is 84.5 Å². The molecule has 4 unspecified atom stereocenters. The van der Waals surface area contributed by atoms with Gasteiger partial charge in [-0.1, -0.05) is 0 Å². The number of carbonyl (C=O) groups excluding carboxylic acids is 1. The van der Waals surface area contributed by atoms with Gasteiger partial charge >= 0.3 is 5.97 Å². The molecular weight excluding hydrogens is 184 g/mol. The summed E-state index contributed by atoms with van der Waals surface area (Å²) in [6.07, 6.45) is -0.0315. The molecule has 4 atom stereocenters. The fourth-order valence-electron chi connectivity index (χ4n) is 1.41. The number of carbonyl (C=O) groups is 1. The van der Waals surface area contributed by atoms with Crippen LogP contribution in [0.4, 0.5) is 0 Å². The van der Waals surface area contributed by atoms with Crippen LogP contribution in [0.1, 0.15) is 27.7 Å². The molecule has 4 nitrogen and oxygen atoms in total. The van der Waals surface area contributed by atoms with Gasteiger partial charge in [0.15, 0.2) is 0 Å². The van der Waals surface area contributed by atoms with Gasteiger partial charge in [-0.3, -0.25) is 4.79 Å². The molecule has 0 spiro atoms. The van der Waals surface area contributed by atoms with Crippen LogP contribution in [0.3, 0.4) is 0 Å². The average Bonchev–Trinajstić information content (AvgIpc) is 2.09. The predicted octanol–water partition coefficient (Wildman–Crippen LogP) is 1.13. The standard InChI is InChI=1S/C10H18O4/c1-6-7(2)14-10(8(3)13-6)5-12-9(4)11/h6-8,10H,5H2,1-4H3. The Morgan fingerprint density at radius 1 is 1.14 bits per heavy atom. The van der Waals surface area contributed by atoms with Crippen molar-refractivity contribution < 1.29 is 19.0 Å². The van der Waals surface area contributed by atoms with E-state index in [0.29, 0.717) is 0 Å². The van der Waals surface area contributed by atoms with E-state index >= 15 is 0 Å². The third-order valence-corrected chi connectivity index (χ3v) is 2.45. The van der Waals surface area contributed by atoms with Crippen molar-refractivity contribution >= 4 is 5.97 Å². The molecule has 0 radical (unpaired) electrons. The van der Waals surface area contributed by atoms with Crippen molar-refractivity contribution in [3.05, 3.63) is 0 Å². The molecule has 1 fully saturated rings. The maximum Gasteiger partial charge on any atom is 0.302 e. The lowest BCUT2D eigenvalue weighted by atomic mass is 10.1. The van der Waals surface area contributed by atoms with Crippen LogP contribution in [0.2, 0.25) is 0 Å². The highest BCUT2D eigenvalue weighted by atomic mass is 16.6. The van der Waals surface area contributed by atoms with E-state index in [0.717, 1.165) is 0 Å². The van der Waals surface area contributed by atoms with Gasteiger partial charge in [0.2, 0.25) is 0 Å². The van der Waals surface area contributed by atoms with E-state index in [2.05, 4.69) is 0 Å². The molecular formula is C10H18O4. The van der Waals surface area contributed by atoms with E-state index in [9.17, 15) is 4.79 Å². The predicted molar refractivity (Wildman–Crippen MR) is 51.0 cm³/mol. The Balaban J connectivity index is 2.40. The molecule has 0 saturated carbocycles. The van der Waals surface area contributed by atoms with Crippen LogP contribution in [-0.4, -0.2) is 37.0 Å². The van der Waals surface area contributed by atoms with Crippen LogP contribution in [0.25, 0.3) is 0 Å². The lowest BCUT2D eigenvalue weighted by Crippen LogP contribution is -2.47. The molecule has 0 amide bonds. The summed E-state index contributed by atoms with van der Waals surface area (Å²) in [6, 6.07) is 0. The van der Waals surface area contributed by atoms with Crippen molar-refractivity contribution in [3.8, 4) is 0 Å². The van der Waals surface area contributed by atoms with Gasteiger partial charge in [-0.15, -0.1) is 0 Å². The highest BCUT2D eigenvalue weighted by molar-refractivity contribution is 5.65. The summed E-state index contributed by atoms with van der Waals surface area (Å²) in [6.45, 7) is 7.52. The molecule has 1 saturated heterocycles. The van der Waals surface area contributed by atoms with Crippen molar-refractivity contribution in [1.82, 2.24) is 0 Å². The molecule has 0 N–H and O–H groups in total. The second-order valence-corrected chi connectivity index (χ2v) is 3.73. The molecule has 4 heteroatoms. The smallest absolute Gasteiger partial charge is 0.302 e. The topological polar surface area (TPSA) is 44.8 Å². The molecule has 0 bridgehead atoms. The fourth-order valence-corrected chi connectivity index (χ4v) is 1.41. The first-order valence-electron chi connectivity index (χ1n) is 4.95. The summed E-state index contributed by atoms with van der Waals surface area (Å²) in [7, 11) is 0. The lowest BCUT2D eigenvalue weighted by Gasteiger charge is -2.37. The van der Waals surface area contributed by atoms with Crippen LogP contribution >= 0.6 is 0 Å². The average molecular weight is 202 g/mol. The zero-order valence-corrected chi connectivity index (χ0v) is 9.15. The van der Waals surface area contributed by atoms with Crippen molar-refractivity contribution in [2.45, 2.75) is 52.1 Å². The van der Waals surface area contributed by atoms with Gasteiger partial charge in [-0.05, 0) is 20.8 Å². The zero-order valence-electron chi connectivity index (χ0n) is 9.15. The Bertz CT molecular complexity index is 204. The third-order valence-electron chi connectivity index (χ3n) is 2.45. The van der Waals surface area contributed by atoms with Gasteiger partial charge in [0.1, 0.15) is 12.7 Å². The SMILES string of the molecule is CC(=O)OCC1OC(C)C(C)OC1C. The summed E-state index contributed by atoms with van der Waals surface area (Å²) in [5, 5.41) is 0. The minimum Gasteiger partial charge on any atom is -0.463 e. The monoisotopic (exact) mass is 202 g/mol. The molecule has 82 valence electrons. The van der Waals surface area contributed by atoms with Crippen LogP contribution in [0.15, 0.2) is 0 Å². The fraction of sp³-hybridized carbons (Fsp3) is 0.900. The first-order chi connectivity index (χ1) is 6.50. The normalized spacial score (nSPS) is 38.0. The minimum atomic E-state index is -0.285. The molecule has 1 aliphatic rings. The Hall–Kier alpha value is -0.610. The van der Waals surface area contributed by atoms with E-state index < -0.39 is 0 Å². The largest absolute Gasteiger partial charge is 0.463 e. The number of rotatable bonds is 2.